The Morgan fingerprint density at radius 2 is 1.74 bits per heavy atom. The van der Waals surface area contributed by atoms with Gasteiger partial charge in [-0.25, -0.2) is 0 Å². The van der Waals surface area contributed by atoms with Crippen LogP contribution in [0.15, 0.2) is 48.5 Å². The van der Waals surface area contributed by atoms with Crippen LogP contribution in [0.3, 0.4) is 0 Å². The smallest absolute Gasteiger partial charge is 0.239 e. The predicted octanol–water partition coefficient (Wildman–Crippen LogP) is 3.30. The van der Waals surface area contributed by atoms with Crippen molar-refractivity contribution in [1.82, 2.24) is 0 Å². The minimum absolute atomic E-state index is 0.127. The van der Waals surface area contributed by atoms with Crippen molar-refractivity contribution in [3.05, 3.63) is 59.7 Å². The van der Waals surface area contributed by atoms with Crippen LogP contribution in [0, 0.1) is 19.8 Å². The van der Waals surface area contributed by atoms with Gasteiger partial charge in [-0.15, -0.1) is 0 Å². The molecule has 1 aliphatic heterocycles. The number of rotatable bonds is 3. The number of carbonyl (C=O) groups is 2. The summed E-state index contributed by atoms with van der Waals surface area (Å²) in [5.41, 5.74) is 3.77. The Labute approximate surface area is 136 Å². The molecule has 0 aromatic heterocycles. The third-order valence-electron chi connectivity index (χ3n) is 4.08. The molecule has 2 aromatic carbocycles. The molecule has 0 aliphatic carbocycles. The molecule has 23 heavy (non-hydrogen) atoms. The Morgan fingerprint density at radius 1 is 1.09 bits per heavy atom. The highest BCUT2D eigenvalue weighted by Gasteiger charge is 2.37. The molecule has 3 rings (SSSR count). The number of nitrogens with zero attached hydrogens (tertiary/aromatic N) is 1. The van der Waals surface area contributed by atoms with E-state index in [1.807, 2.05) is 62.4 Å². The van der Waals surface area contributed by atoms with Gasteiger partial charge in [0.15, 0.2) is 0 Å². The van der Waals surface area contributed by atoms with Crippen molar-refractivity contribution in [3.63, 3.8) is 0 Å². The molecule has 1 N–H and O–H groups in total. The van der Waals surface area contributed by atoms with E-state index in [2.05, 4.69) is 5.32 Å². The summed E-state index contributed by atoms with van der Waals surface area (Å²) < 4.78 is 0. The second-order valence-corrected chi connectivity index (χ2v) is 6.03. The van der Waals surface area contributed by atoms with Crippen molar-refractivity contribution in [2.75, 3.05) is 16.8 Å². The Morgan fingerprint density at radius 3 is 2.39 bits per heavy atom. The molecule has 1 atom stereocenters. The predicted molar refractivity (Wildman–Crippen MR) is 91.4 cm³/mol. The lowest BCUT2D eigenvalue weighted by atomic mass is 10.1. The van der Waals surface area contributed by atoms with Crippen LogP contribution in [-0.4, -0.2) is 18.4 Å². The molecule has 1 saturated heterocycles. The molecular weight excluding hydrogens is 288 g/mol. The van der Waals surface area contributed by atoms with Gasteiger partial charge in [-0.2, -0.15) is 0 Å². The SMILES string of the molecule is Cc1cc(C)cc(NC(=O)C2CCN(c3ccccc3)C2=O)c1. The first-order valence-corrected chi connectivity index (χ1v) is 7.80. The first-order chi connectivity index (χ1) is 11.0. The van der Waals surface area contributed by atoms with Crippen molar-refractivity contribution >= 4 is 23.2 Å². The maximum absolute atomic E-state index is 12.5. The van der Waals surface area contributed by atoms with Crippen molar-refractivity contribution < 1.29 is 9.59 Å². The van der Waals surface area contributed by atoms with Gasteiger partial charge in [0, 0.05) is 17.9 Å². The molecule has 4 nitrogen and oxygen atoms in total. The van der Waals surface area contributed by atoms with Crippen LogP contribution in [0.25, 0.3) is 0 Å². The van der Waals surface area contributed by atoms with Gasteiger partial charge in [0.1, 0.15) is 5.92 Å². The van der Waals surface area contributed by atoms with Crippen LogP contribution >= 0.6 is 0 Å². The molecule has 0 bridgehead atoms. The molecule has 2 aromatic rings. The zero-order valence-corrected chi connectivity index (χ0v) is 13.4. The van der Waals surface area contributed by atoms with E-state index in [0.29, 0.717) is 13.0 Å². The lowest BCUT2D eigenvalue weighted by Crippen LogP contribution is -2.33. The third-order valence-corrected chi connectivity index (χ3v) is 4.08. The van der Waals surface area contributed by atoms with Gasteiger partial charge < -0.3 is 10.2 Å². The minimum Gasteiger partial charge on any atom is -0.325 e. The van der Waals surface area contributed by atoms with E-state index < -0.39 is 5.92 Å². The number of hydrogen-bond donors (Lipinski definition) is 1. The van der Waals surface area contributed by atoms with Crippen LogP contribution in [0.4, 0.5) is 11.4 Å². The Kier molecular flexibility index (Phi) is 4.15. The quantitative estimate of drug-likeness (QED) is 0.885. The fourth-order valence-electron chi connectivity index (χ4n) is 3.06. The number of carbonyl (C=O) groups excluding carboxylic acids is 2. The molecule has 0 saturated carbocycles. The van der Waals surface area contributed by atoms with E-state index in [1.54, 1.807) is 4.90 Å². The average Bonchev–Trinajstić information content (AvgIpc) is 2.89. The number of anilines is 2. The molecule has 1 aliphatic rings. The summed E-state index contributed by atoms with van der Waals surface area (Å²) in [6.07, 6.45) is 0.546. The highest BCUT2D eigenvalue weighted by Crippen LogP contribution is 2.26. The first-order valence-electron chi connectivity index (χ1n) is 7.80. The molecular formula is C19H20N2O2. The number of nitrogens with one attached hydrogen (secondary N) is 1. The first kappa shape index (κ1) is 15.3. The van der Waals surface area contributed by atoms with E-state index >= 15 is 0 Å². The lowest BCUT2D eigenvalue weighted by Gasteiger charge is -2.16. The van der Waals surface area contributed by atoms with Gasteiger partial charge in [0.05, 0.1) is 0 Å². The van der Waals surface area contributed by atoms with Crippen LogP contribution in [-0.2, 0) is 9.59 Å². The maximum Gasteiger partial charge on any atom is 0.239 e. The van der Waals surface area contributed by atoms with Gasteiger partial charge >= 0.3 is 0 Å². The molecule has 1 unspecified atom stereocenters. The number of hydrogen-bond acceptors (Lipinski definition) is 2. The Bertz CT molecular complexity index is 720. The van der Waals surface area contributed by atoms with E-state index in [4.69, 9.17) is 0 Å². The summed E-state index contributed by atoms with van der Waals surface area (Å²) in [5.74, 6) is -0.965. The fraction of sp³-hybridized carbons (Fsp3) is 0.263. The summed E-state index contributed by atoms with van der Waals surface area (Å²) in [5, 5.41) is 2.88. The van der Waals surface area contributed by atoms with Crippen molar-refractivity contribution in [3.8, 4) is 0 Å². The standard InChI is InChI=1S/C19H20N2O2/c1-13-10-14(2)12-15(11-13)20-18(22)17-8-9-21(19(17)23)16-6-4-3-5-7-16/h3-7,10-12,17H,8-9H2,1-2H3,(H,20,22). The highest BCUT2D eigenvalue weighted by molar-refractivity contribution is 6.13. The molecule has 1 heterocycles. The van der Waals surface area contributed by atoms with E-state index in [9.17, 15) is 9.59 Å². The normalized spacial score (nSPS) is 17.4. The number of aryl methyl sites for hydroxylation is 2. The van der Waals surface area contributed by atoms with Gasteiger partial charge in [0.2, 0.25) is 11.8 Å². The average molecular weight is 308 g/mol. The van der Waals surface area contributed by atoms with Crippen molar-refractivity contribution in [2.45, 2.75) is 20.3 Å². The molecule has 118 valence electrons. The minimum atomic E-state index is -0.615. The van der Waals surface area contributed by atoms with Gasteiger partial charge in [-0.1, -0.05) is 24.3 Å². The van der Waals surface area contributed by atoms with Crippen molar-refractivity contribution in [1.29, 1.82) is 0 Å². The highest BCUT2D eigenvalue weighted by atomic mass is 16.2. The Hall–Kier alpha value is -2.62. The zero-order valence-electron chi connectivity index (χ0n) is 13.4. The molecule has 0 radical (unpaired) electrons. The van der Waals surface area contributed by atoms with Crippen LogP contribution in [0.5, 0.6) is 0 Å². The summed E-state index contributed by atoms with van der Waals surface area (Å²) in [6, 6.07) is 15.4. The molecule has 1 fully saturated rings. The topological polar surface area (TPSA) is 49.4 Å². The van der Waals surface area contributed by atoms with Gasteiger partial charge in [-0.05, 0) is 55.7 Å². The fourth-order valence-corrected chi connectivity index (χ4v) is 3.06. The number of para-hydroxylation sites is 1. The van der Waals surface area contributed by atoms with Crippen molar-refractivity contribution in [2.24, 2.45) is 5.92 Å². The van der Waals surface area contributed by atoms with E-state index in [1.165, 1.54) is 0 Å². The molecule has 0 spiro atoms. The summed E-state index contributed by atoms with van der Waals surface area (Å²) in [6.45, 7) is 4.55. The lowest BCUT2D eigenvalue weighted by molar-refractivity contribution is -0.129. The maximum atomic E-state index is 12.5. The van der Waals surface area contributed by atoms with Gasteiger partial charge in [0.25, 0.3) is 0 Å². The summed E-state index contributed by atoms with van der Waals surface area (Å²) >= 11 is 0. The second kappa shape index (κ2) is 6.24. The largest absolute Gasteiger partial charge is 0.325 e. The van der Waals surface area contributed by atoms with E-state index in [0.717, 1.165) is 22.5 Å². The summed E-state index contributed by atoms with van der Waals surface area (Å²) in [7, 11) is 0. The molecule has 4 heteroatoms. The van der Waals surface area contributed by atoms with Crippen LogP contribution in [0.1, 0.15) is 17.5 Å². The third kappa shape index (κ3) is 3.26. The summed E-state index contributed by atoms with van der Waals surface area (Å²) in [4.78, 5) is 26.7. The van der Waals surface area contributed by atoms with Crippen LogP contribution < -0.4 is 10.2 Å². The number of benzene rings is 2. The Balaban J connectivity index is 1.72. The van der Waals surface area contributed by atoms with E-state index in [-0.39, 0.29) is 11.8 Å². The molecule has 2 amide bonds. The van der Waals surface area contributed by atoms with Crippen LogP contribution in [0.2, 0.25) is 0 Å². The number of amides is 2. The second-order valence-electron chi connectivity index (χ2n) is 6.03. The zero-order chi connectivity index (χ0) is 16.4. The monoisotopic (exact) mass is 308 g/mol. The van der Waals surface area contributed by atoms with Gasteiger partial charge in [-0.3, -0.25) is 9.59 Å².